The smallest absolute Gasteiger partial charge is 0.309 e. The van der Waals surface area contributed by atoms with Crippen LogP contribution >= 0.6 is 0 Å². The molecule has 0 heterocycles. The predicted octanol–water partition coefficient (Wildman–Crippen LogP) is 2.52. The summed E-state index contributed by atoms with van der Waals surface area (Å²) in [7, 11) is 0. The first kappa shape index (κ1) is 16.1. The zero-order valence-electron chi connectivity index (χ0n) is 13.7. The molecule has 4 aliphatic carbocycles. The highest BCUT2D eigenvalue weighted by atomic mass is 16.4. The van der Waals surface area contributed by atoms with Gasteiger partial charge in [0.05, 0.1) is 16.2 Å². The lowest BCUT2D eigenvalue weighted by molar-refractivity contribution is -0.214. The van der Waals surface area contributed by atoms with Crippen molar-refractivity contribution in [1.82, 2.24) is 0 Å². The minimum absolute atomic E-state index is 0.0221. The lowest BCUT2D eigenvalue weighted by Gasteiger charge is -2.66. The quantitative estimate of drug-likeness (QED) is 0.774. The van der Waals surface area contributed by atoms with Crippen molar-refractivity contribution >= 4 is 17.9 Å². The number of rotatable bonds is 4. The molecular weight excluding hydrogens is 324 g/mol. The number of hydrogen-bond acceptors (Lipinski definition) is 3. The van der Waals surface area contributed by atoms with Crippen molar-refractivity contribution in [2.24, 2.45) is 16.2 Å². The summed E-state index contributed by atoms with van der Waals surface area (Å²) >= 11 is 0. The summed E-state index contributed by atoms with van der Waals surface area (Å²) < 4.78 is 0. The van der Waals surface area contributed by atoms with E-state index in [-0.39, 0.29) is 19.3 Å². The lowest BCUT2D eigenvalue weighted by Crippen LogP contribution is -2.68. The van der Waals surface area contributed by atoms with E-state index in [2.05, 4.69) is 0 Å². The van der Waals surface area contributed by atoms with Gasteiger partial charge in [-0.1, -0.05) is 30.3 Å². The van der Waals surface area contributed by atoms with Crippen molar-refractivity contribution in [3.63, 3.8) is 0 Å². The van der Waals surface area contributed by atoms with Crippen LogP contribution in [0.1, 0.15) is 44.1 Å². The summed E-state index contributed by atoms with van der Waals surface area (Å²) in [5, 5.41) is 29.8. The van der Waals surface area contributed by atoms with Gasteiger partial charge in [0, 0.05) is 0 Å². The molecule has 4 aliphatic rings. The second-order valence-electron chi connectivity index (χ2n) is 8.46. The van der Waals surface area contributed by atoms with Crippen LogP contribution in [0.2, 0.25) is 0 Å². The molecule has 0 atom stereocenters. The van der Waals surface area contributed by atoms with Crippen LogP contribution in [-0.4, -0.2) is 33.2 Å². The molecule has 0 amide bonds. The molecule has 4 fully saturated rings. The Morgan fingerprint density at radius 1 is 0.640 bits per heavy atom. The Bertz CT molecular complexity index is 700. The first-order valence-corrected chi connectivity index (χ1v) is 8.44. The Labute approximate surface area is 144 Å². The summed E-state index contributed by atoms with van der Waals surface area (Å²) in [6, 6.07) is 9.25. The Morgan fingerprint density at radius 2 is 1.00 bits per heavy atom. The number of hydrogen-bond donors (Lipinski definition) is 3. The number of carboxylic acids is 3. The van der Waals surface area contributed by atoms with E-state index in [9.17, 15) is 29.7 Å². The van der Waals surface area contributed by atoms with Crippen LogP contribution in [0.3, 0.4) is 0 Å². The maximum Gasteiger partial charge on any atom is 0.309 e. The molecule has 1 aromatic carbocycles. The summed E-state index contributed by atoms with van der Waals surface area (Å²) in [5.74, 6) is -3.20. The Morgan fingerprint density at radius 3 is 1.32 bits per heavy atom. The van der Waals surface area contributed by atoms with Gasteiger partial charge in [0.15, 0.2) is 0 Å². The third kappa shape index (κ3) is 1.94. The standard InChI is InChI=1S/C19H20O6/c20-13(21)17-6-16(12-4-2-1-3-5-12)7-18(9-17,14(22)23)11-19(8-16,10-17)15(24)25/h1-5H,6-11H2,(H,20,21)(H,22,23)(H,24,25). The molecule has 132 valence electrons. The third-order valence-electron chi connectivity index (χ3n) is 6.81. The van der Waals surface area contributed by atoms with Crippen molar-refractivity contribution in [2.75, 3.05) is 0 Å². The van der Waals surface area contributed by atoms with E-state index in [0.717, 1.165) is 5.56 Å². The molecule has 0 unspecified atom stereocenters. The average molecular weight is 344 g/mol. The second-order valence-corrected chi connectivity index (χ2v) is 8.46. The molecule has 4 bridgehead atoms. The normalized spacial score (nSPS) is 41.4. The van der Waals surface area contributed by atoms with E-state index in [1.807, 2.05) is 30.3 Å². The zero-order chi connectivity index (χ0) is 18.1. The Hall–Kier alpha value is -2.37. The molecule has 0 saturated heterocycles. The average Bonchev–Trinajstić information content (AvgIpc) is 2.54. The fourth-order valence-corrected chi connectivity index (χ4v) is 6.41. The van der Waals surface area contributed by atoms with Crippen LogP contribution in [0, 0.1) is 16.2 Å². The van der Waals surface area contributed by atoms with Crippen LogP contribution < -0.4 is 0 Å². The van der Waals surface area contributed by atoms with Gasteiger partial charge < -0.3 is 15.3 Å². The summed E-state index contributed by atoms with van der Waals surface area (Å²) in [6.45, 7) is 0. The zero-order valence-corrected chi connectivity index (χ0v) is 13.7. The van der Waals surface area contributed by atoms with Crippen LogP contribution in [-0.2, 0) is 19.8 Å². The minimum Gasteiger partial charge on any atom is -0.481 e. The monoisotopic (exact) mass is 344 g/mol. The van der Waals surface area contributed by atoms with Gasteiger partial charge in [-0.25, -0.2) is 0 Å². The van der Waals surface area contributed by atoms with E-state index < -0.39 is 39.6 Å². The number of carbonyl (C=O) groups is 3. The lowest BCUT2D eigenvalue weighted by atomic mass is 9.34. The van der Waals surface area contributed by atoms with E-state index in [0.29, 0.717) is 19.3 Å². The van der Waals surface area contributed by atoms with Gasteiger partial charge in [0.2, 0.25) is 0 Å². The molecule has 0 aliphatic heterocycles. The topological polar surface area (TPSA) is 112 Å². The molecule has 0 radical (unpaired) electrons. The summed E-state index contributed by atoms with van der Waals surface area (Å²) in [6.07, 6.45) is 0.993. The first-order chi connectivity index (χ1) is 11.7. The maximum atomic E-state index is 12.2. The van der Waals surface area contributed by atoms with E-state index >= 15 is 0 Å². The van der Waals surface area contributed by atoms with Crippen LogP contribution in [0.25, 0.3) is 0 Å². The first-order valence-electron chi connectivity index (χ1n) is 8.44. The fraction of sp³-hybridized carbons (Fsp3) is 0.526. The highest BCUT2D eigenvalue weighted by Crippen LogP contribution is 2.74. The molecular formula is C19H20O6. The van der Waals surface area contributed by atoms with Crippen molar-refractivity contribution in [3.8, 4) is 0 Å². The fourth-order valence-electron chi connectivity index (χ4n) is 6.41. The molecule has 6 heteroatoms. The van der Waals surface area contributed by atoms with E-state index in [1.54, 1.807) is 0 Å². The highest BCUT2D eigenvalue weighted by molar-refractivity contribution is 5.86. The minimum atomic E-state index is -1.29. The number of benzene rings is 1. The van der Waals surface area contributed by atoms with Gasteiger partial charge in [0.25, 0.3) is 0 Å². The molecule has 4 saturated carbocycles. The van der Waals surface area contributed by atoms with Crippen molar-refractivity contribution in [2.45, 2.75) is 43.9 Å². The van der Waals surface area contributed by atoms with E-state index in [1.165, 1.54) is 0 Å². The largest absolute Gasteiger partial charge is 0.481 e. The summed E-state index contributed by atoms with van der Waals surface area (Å²) in [4.78, 5) is 36.5. The Balaban J connectivity index is 1.98. The van der Waals surface area contributed by atoms with E-state index in [4.69, 9.17) is 0 Å². The van der Waals surface area contributed by atoms with Crippen LogP contribution in [0.5, 0.6) is 0 Å². The molecule has 0 spiro atoms. The third-order valence-corrected chi connectivity index (χ3v) is 6.81. The predicted molar refractivity (Wildman–Crippen MR) is 86.0 cm³/mol. The molecule has 0 aromatic heterocycles. The Kier molecular flexibility index (Phi) is 2.98. The van der Waals surface area contributed by atoms with Gasteiger partial charge in [-0.2, -0.15) is 0 Å². The van der Waals surface area contributed by atoms with Crippen LogP contribution in [0.4, 0.5) is 0 Å². The molecule has 25 heavy (non-hydrogen) atoms. The van der Waals surface area contributed by atoms with Crippen molar-refractivity contribution < 1.29 is 29.7 Å². The van der Waals surface area contributed by atoms with Gasteiger partial charge in [-0.3, -0.25) is 14.4 Å². The van der Waals surface area contributed by atoms with Crippen molar-refractivity contribution in [3.05, 3.63) is 35.9 Å². The van der Waals surface area contributed by atoms with Gasteiger partial charge in [0.1, 0.15) is 0 Å². The highest BCUT2D eigenvalue weighted by Gasteiger charge is 2.74. The number of carboxylic acid groups (broad SMARTS) is 3. The van der Waals surface area contributed by atoms with Gasteiger partial charge in [-0.15, -0.1) is 0 Å². The van der Waals surface area contributed by atoms with Gasteiger partial charge >= 0.3 is 17.9 Å². The van der Waals surface area contributed by atoms with Crippen molar-refractivity contribution in [1.29, 1.82) is 0 Å². The maximum absolute atomic E-state index is 12.2. The SMILES string of the molecule is O=C(O)C12CC3(C(=O)O)CC(C(=O)O)(C1)CC(c1ccccc1)(C2)C3. The molecule has 1 aromatic rings. The molecule has 5 rings (SSSR count). The van der Waals surface area contributed by atoms with Crippen LogP contribution in [0.15, 0.2) is 30.3 Å². The summed E-state index contributed by atoms with van der Waals surface area (Å²) in [5.41, 5.74) is -3.73. The number of aliphatic carboxylic acids is 3. The molecule has 3 N–H and O–H groups in total. The van der Waals surface area contributed by atoms with Gasteiger partial charge in [-0.05, 0) is 49.5 Å². The second kappa shape index (κ2) is 4.62. The molecule has 6 nitrogen and oxygen atoms in total.